The first-order chi connectivity index (χ1) is 14.4. The molecule has 2 bridgehead atoms. The fourth-order valence-electron chi connectivity index (χ4n) is 5.16. The molecular weight excluding hydrogens is 403 g/mol. The molecule has 162 valence electrons. The van der Waals surface area contributed by atoms with Gasteiger partial charge in [-0.2, -0.15) is 5.26 Å². The van der Waals surface area contributed by atoms with Crippen LogP contribution in [0.4, 0.5) is 10.1 Å². The average molecular weight is 433 g/mol. The zero-order chi connectivity index (χ0) is 21.8. The Labute approximate surface area is 183 Å². The summed E-state index contributed by atoms with van der Waals surface area (Å²) >= 11 is 6.17. The molecular formula is C23H30ClFN4O. The van der Waals surface area contributed by atoms with Gasteiger partial charge in [0.15, 0.2) is 0 Å². The van der Waals surface area contributed by atoms with Gasteiger partial charge in [-0.3, -0.25) is 4.79 Å². The summed E-state index contributed by atoms with van der Waals surface area (Å²) in [6.07, 6.45) is 6.71. The van der Waals surface area contributed by atoms with Crippen LogP contribution in [-0.2, 0) is 4.79 Å². The topological polar surface area (TPSA) is 80.0 Å². The van der Waals surface area contributed by atoms with Crippen LogP contribution in [0.5, 0.6) is 0 Å². The quantitative estimate of drug-likeness (QED) is 0.567. The Morgan fingerprint density at radius 1 is 1.43 bits per heavy atom. The molecule has 0 aromatic heterocycles. The molecule has 5 nitrogen and oxygen atoms in total. The lowest BCUT2D eigenvalue weighted by molar-refractivity contribution is -0.141. The summed E-state index contributed by atoms with van der Waals surface area (Å²) in [5, 5.41) is 20.5. The SMILES string of the molecule is CNc1ccc(F)c(Cl)c1C(=N)C(C)CC(=O)N1C(CCC#N)CC2CCCC1C2. The van der Waals surface area contributed by atoms with Crippen LogP contribution < -0.4 is 5.32 Å². The number of hydrogen-bond donors (Lipinski definition) is 2. The van der Waals surface area contributed by atoms with Crippen molar-refractivity contribution < 1.29 is 9.18 Å². The molecule has 1 saturated heterocycles. The van der Waals surface area contributed by atoms with Crippen LogP contribution in [0.25, 0.3) is 0 Å². The predicted molar refractivity (Wildman–Crippen MR) is 117 cm³/mol. The summed E-state index contributed by atoms with van der Waals surface area (Å²) < 4.78 is 14.0. The molecule has 2 N–H and O–H groups in total. The first-order valence-electron chi connectivity index (χ1n) is 10.8. The van der Waals surface area contributed by atoms with Gasteiger partial charge in [0.1, 0.15) is 5.82 Å². The number of nitrogens with zero attached hydrogens (tertiary/aromatic N) is 2. The van der Waals surface area contributed by atoms with Gasteiger partial charge in [0, 0.05) is 54.9 Å². The van der Waals surface area contributed by atoms with Gasteiger partial charge in [-0.15, -0.1) is 0 Å². The number of piperidine rings is 1. The van der Waals surface area contributed by atoms with Gasteiger partial charge in [0.2, 0.25) is 5.91 Å². The minimum Gasteiger partial charge on any atom is -0.388 e. The first kappa shape index (κ1) is 22.6. The van der Waals surface area contributed by atoms with Crippen molar-refractivity contribution in [2.24, 2.45) is 11.8 Å². The standard InChI is InChI=1S/C23H30ClFN4O/c1-14(23(27)21-19(28-2)9-8-18(25)22(21)24)11-20(30)29-16-6-3-5-15(12-16)13-17(29)7-4-10-26/h8-9,14-17,27-28H,3-7,11-13H2,1-2H3. The van der Waals surface area contributed by atoms with Gasteiger partial charge in [-0.1, -0.05) is 31.4 Å². The third-order valence-electron chi connectivity index (χ3n) is 6.63. The second-order valence-electron chi connectivity index (χ2n) is 8.63. The van der Waals surface area contributed by atoms with E-state index in [-0.39, 0.29) is 35.1 Å². The van der Waals surface area contributed by atoms with E-state index in [1.165, 1.54) is 12.5 Å². The zero-order valence-corrected chi connectivity index (χ0v) is 18.4. The number of anilines is 1. The Kier molecular flexibility index (Phi) is 7.36. The van der Waals surface area contributed by atoms with E-state index in [1.54, 1.807) is 13.1 Å². The van der Waals surface area contributed by atoms with Gasteiger partial charge in [0.25, 0.3) is 0 Å². The van der Waals surface area contributed by atoms with Crippen molar-refractivity contribution in [1.82, 2.24) is 4.90 Å². The molecule has 0 spiro atoms. The molecule has 1 aliphatic carbocycles. The van der Waals surface area contributed by atoms with E-state index < -0.39 is 11.7 Å². The van der Waals surface area contributed by atoms with E-state index in [0.717, 1.165) is 25.7 Å². The number of hydrogen-bond acceptors (Lipinski definition) is 4. The van der Waals surface area contributed by atoms with Crippen LogP contribution in [0.3, 0.4) is 0 Å². The monoisotopic (exact) mass is 432 g/mol. The largest absolute Gasteiger partial charge is 0.388 e. The first-order valence-corrected chi connectivity index (χ1v) is 11.2. The number of nitriles is 1. The predicted octanol–water partition coefficient (Wildman–Crippen LogP) is 5.38. The Bertz CT molecular complexity index is 852. The minimum absolute atomic E-state index is 0.0269. The summed E-state index contributed by atoms with van der Waals surface area (Å²) in [7, 11) is 1.70. The van der Waals surface area contributed by atoms with Crippen LogP contribution in [0, 0.1) is 34.4 Å². The zero-order valence-electron chi connectivity index (χ0n) is 17.7. The van der Waals surface area contributed by atoms with Crippen molar-refractivity contribution in [2.45, 2.75) is 70.4 Å². The minimum atomic E-state index is -0.574. The number of rotatable bonds is 7. The number of nitrogens with one attached hydrogen (secondary N) is 2. The van der Waals surface area contributed by atoms with E-state index in [0.29, 0.717) is 30.0 Å². The fraction of sp³-hybridized carbons (Fsp3) is 0.609. The number of carbonyl (C=O) groups excluding carboxylic acids is 1. The third kappa shape index (κ3) is 4.62. The highest BCUT2D eigenvalue weighted by molar-refractivity contribution is 6.35. The maximum Gasteiger partial charge on any atom is 0.223 e. The normalized spacial score (nSPS) is 24.1. The van der Waals surface area contributed by atoms with Gasteiger partial charge in [0.05, 0.1) is 11.1 Å². The summed E-state index contributed by atoms with van der Waals surface area (Å²) in [6.45, 7) is 1.82. The van der Waals surface area contributed by atoms with E-state index in [2.05, 4.69) is 11.4 Å². The van der Waals surface area contributed by atoms with Crippen LogP contribution in [0.15, 0.2) is 12.1 Å². The summed E-state index contributed by atoms with van der Waals surface area (Å²) in [6, 6.07) is 5.39. The lowest BCUT2D eigenvalue weighted by Gasteiger charge is -2.48. The molecule has 30 heavy (non-hydrogen) atoms. The van der Waals surface area contributed by atoms with Crippen molar-refractivity contribution in [3.05, 3.63) is 28.5 Å². The highest BCUT2D eigenvalue weighted by atomic mass is 35.5. The van der Waals surface area contributed by atoms with Crippen molar-refractivity contribution in [3.8, 4) is 6.07 Å². The van der Waals surface area contributed by atoms with E-state index in [9.17, 15) is 9.18 Å². The second-order valence-corrected chi connectivity index (χ2v) is 9.00. The van der Waals surface area contributed by atoms with Gasteiger partial charge >= 0.3 is 0 Å². The van der Waals surface area contributed by atoms with E-state index in [1.807, 2.05) is 11.8 Å². The molecule has 3 rings (SSSR count). The molecule has 4 atom stereocenters. The van der Waals surface area contributed by atoms with Gasteiger partial charge < -0.3 is 15.6 Å². The molecule has 1 aromatic rings. The molecule has 1 amide bonds. The summed E-state index contributed by atoms with van der Waals surface area (Å²) in [5.41, 5.74) is 1.05. The third-order valence-corrected chi connectivity index (χ3v) is 7.00. The number of fused-ring (bicyclic) bond motifs is 2. The van der Waals surface area contributed by atoms with Crippen molar-refractivity contribution in [2.75, 3.05) is 12.4 Å². The summed E-state index contributed by atoms with van der Waals surface area (Å²) in [5.74, 6) is -0.299. The van der Waals surface area contributed by atoms with Crippen LogP contribution in [-0.4, -0.2) is 35.7 Å². The Balaban J connectivity index is 1.77. The van der Waals surface area contributed by atoms with Gasteiger partial charge in [-0.05, 0) is 43.7 Å². The number of carbonyl (C=O) groups is 1. The van der Waals surface area contributed by atoms with Crippen LogP contribution >= 0.6 is 11.6 Å². The van der Waals surface area contributed by atoms with Crippen molar-refractivity contribution in [3.63, 3.8) is 0 Å². The molecule has 2 aliphatic rings. The molecule has 4 unspecified atom stereocenters. The van der Waals surface area contributed by atoms with E-state index >= 15 is 0 Å². The molecule has 1 heterocycles. The van der Waals surface area contributed by atoms with Gasteiger partial charge in [-0.25, -0.2) is 4.39 Å². The Morgan fingerprint density at radius 3 is 2.90 bits per heavy atom. The number of halogens is 2. The van der Waals surface area contributed by atoms with Crippen LogP contribution in [0.1, 0.15) is 63.9 Å². The number of amides is 1. The Hall–Kier alpha value is -2.13. The highest BCUT2D eigenvalue weighted by Crippen LogP contribution is 2.40. The second kappa shape index (κ2) is 9.78. The summed E-state index contributed by atoms with van der Waals surface area (Å²) in [4.78, 5) is 15.4. The van der Waals surface area contributed by atoms with Crippen molar-refractivity contribution >= 4 is 28.9 Å². The van der Waals surface area contributed by atoms with E-state index in [4.69, 9.17) is 22.3 Å². The molecule has 1 aliphatic heterocycles. The Morgan fingerprint density at radius 2 is 2.20 bits per heavy atom. The number of likely N-dealkylation sites (tertiary alicyclic amines) is 1. The maximum atomic E-state index is 14.0. The average Bonchev–Trinajstić information content (AvgIpc) is 2.73. The van der Waals surface area contributed by atoms with Crippen molar-refractivity contribution in [1.29, 1.82) is 10.7 Å². The molecule has 2 fully saturated rings. The lowest BCUT2D eigenvalue weighted by Crippen LogP contribution is -2.54. The molecule has 7 heteroatoms. The fourth-order valence-corrected chi connectivity index (χ4v) is 5.43. The maximum absolute atomic E-state index is 14.0. The molecule has 1 aromatic carbocycles. The lowest BCUT2D eigenvalue weighted by atomic mass is 9.75. The number of benzene rings is 1. The molecule has 1 saturated carbocycles. The molecule has 0 radical (unpaired) electrons. The smallest absolute Gasteiger partial charge is 0.223 e. The highest BCUT2D eigenvalue weighted by Gasteiger charge is 2.40. The van der Waals surface area contributed by atoms with Crippen LogP contribution in [0.2, 0.25) is 5.02 Å².